The van der Waals surface area contributed by atoms with Crippen LogP contribution in [0.25, 0.3) is 0 Å². The summed E-state index contributed by atoms with van der Waals surface area (Å²) in [6, 6.07) is 7.57. The van der Waals surface area contributed by atoms with Gasteiger partial charge in [-0.15, -0.1) is 0 Å². The average molecular weight is 217 g/mol. The first-order valence-electron chi connectivity index (χ1n) is 4.99. The monoisotopic (exact) mass is 217 g/mol. The molecule has 0 fully saturated rings. The van der Waals surface area contributed by atoms with Crippen LogP contribution in [0, 0.1) is 18.3 Å². The maximum atomic E-state index is 11.4. The molecule has 0 bridgehead atoms. The number of nitrogens with one attached hydrogen (secondary N) is 1. The van der Waals surface area contributed by atoms with Gasteiger partial charge in [-0.05, 0) is 24.6 Å². The second-order valence-electron chi connectivity index (χ2n) is 3.80. The highest BCUT2D eigenvalue weighted by Gasteiger charge is 2.06. The first kappa shape index (κ1) is 12.1. The van der Waals surface area contributed by atoms with Crippen LogP contribution in [0.4, 0.5) is 5.69 Å². The van der Waals surface area contributed by atoms with Crippen molar-refractivity contribution in [2.24, 2.45) is 0 Å². The standard InChI is InChI=1S/C12H15N3O/c1-9-4-5-10(7-13)11(6-9)14-8-12(16)15(2)3/h4-6,14H,8H2,1-3H3. The quantitative estimate of drug-likeness (QED) is 0.831. The summed E-state index contributed by atoms with van der Waals surface area (Å²) in [6.07, 6.45) is 0. The van der Waals surface area contributed by atoms with Gasteiger partial charge in [-0.3, -0.25) is 4.79 Å². The van der Waals surface area contributed by atoms with E-state index in [2.05, 4.69) is 11.4 Å². The molecular weight excluding hydrogens is 202 g/mol. The van der Waals surface area contributed by atoms with Crippen LogP contribution in [0.3, 0.4) is 0 Å². The molecule has 4 heteroatoms. The maximum Gasteiger partial charge on any atom is 0.241 e. The number of benzene rings is 1. The highest BCUT2D eigenvalue weighted by molar-refractivity contribution is 5.81. The predicted octanol–water partition coefficient (Wildman–Crippen LogP) is 1.37. The van der Waals surface area contributed by atoms with Crippen LogP contribution in [-0.2, 0) is 4.79 Å². The molecule has 0 saturated heterocycles. The number of hydrogen-bond acceptors (Lipinski definition) is 3. The van der Waals surface area contributed by atoms with Crippen LogP contribution < -0.4 is 5.32 Å². The van der Waals surface area contributed by atoms with Crippen LogP contribution in [0.5, 0.6) is 0 Å². The lowest BCUT2D eigenvalue weighted by Crippen LogP contribution is -2.28. The Balaban J connectivity index is 2.77. The Morgan fingerprint density at radius 2 is 2.19 bits per heavy atom. The molecule has 0 atom stereocenters. The molecule has 1 amide bonds. The molecule has 0 saturated carbocycles. The molecule has 1 N–H and O–H groups in total. The van der Waals surface area contributed by atoms with Gasteiger partial charge in [0.2, 0.25) is 5.91 Å². The molecule has 84 valence electrons. The van der Waals surface area contributed by atoms with Crippen molar-refractivity contribution < 1.29 is 4.79 Å². The van der Waals surface area contributed by atoms with Crippen LogP contribution in [0.15, 0.2) is 18.2 Å². The smallest absolute Gasteiger partial charge is 0.241 e. The number of aryl methyl sites for hydroxylation is 1. The number of rotatable bonds is 3. The van der Waals surface area contributed by atoms with Gasteiger partial charge < -0.3 is 10.2 Å². The number of amides is 1. The van der Waals surface area contributed by atoms with Crippen molar-refractivity contribution in [3.63, 3.8) is 0 Å². The van der Waals surface area contributed by atoms with E-state index in [4.69, 9.17) is 5.26 Å². The van der Waals surface area contributed by atoms with Crippen LogP contribution >= 0.6 is 0 Å². The molecule has 0 spiro atoms. The molecule has 1 aromatic carbocycles. The number of carbonyl (C=O) groups is 1. The second-order valence-corrected chi connectivity index (χ2v) is 3.80. The Morgan fingerprint density at radius 1 is 1.50 bits per heavy atom. The largest absolute Gasteiger partial charge is 0.375 e. The lowest BCUT2D eigenvalue weighted by molar-refractivity contribution is -0.126. The normalized spacial score (nSPS) is 9.38. The Kier molecular flexibility index (Phi) is 3.90. The molecular formula is C12H15N3O. The molecule has 0 unspecified atom stereocenters. The van der Waals surface area contributed by atoms with Gasteiger partial charge in [0.1, 0.15) is 6.07 Å². The topological polar surface area (TPSA) is 56.1 Å². The Morgan fingerprint density at radius 3 is 2.75 bits per heavy atom. The van der Waals surface area contributed by atoms with Gasteiger partial charge in [0.15, 0.2) is 0 Å². The number of nitrogens with zero attached hydrogens (tertiary/aromatic N) is 2. The summed E-state index contributed by atoms with van der Waals surface area (Å²) in [6.45, 7) is 2.14. The molecule has 0 aromatic heterocycles. The fourth-order valence-electron chi connectivity index (χ4n) is 1.23. The molecule has 4 nitrogen and oxygen atoms in total. The third-order valence-electron chi connectivity index (χ3n) is 2.22. The zero-order valence-electron chi connectivity index (χ0n) is 9.74. The number of carbonyl (C=O) groups excluding carboxylic acids is 1. The second kappa shape index (κ2) is 5.17. The van der Waals surface area contributed by atoms with Crippen molar-refractivity contribution in [1.29, 1.82) is 5.26 Å². The summed E-state index contributed by atoms with van der Waals surface area (Å²) in [5.41, 5.74) is 2.31. The summed E-state index contributed by atoms with van der Waals surface area (Å²) in [4.78, 5) is 12.9. The Labute approximate surface area is 95.5 Å². The molecule has 0 aliphatic heterocycles. The van der Waals surface area contributed by atoms with Crippen molar-refractivity contribution in [2.45, 2.75) is 6.92 Å². The van der Waals surface area contributed by atoms with Gasteiger partial charge in [0.25, 0.3) is 0 Å². The predicted molar refractivity (Wildman–Crippen MR) is 63.1 cm³/mol. The van der Waals surface area contributed by atoms with Crippen molar-refractivity contribution in [2.75, 3.05) is 26.0 Å². The van der Waals surface area contributed by atoms with Crippen LogP contribution in [-0.4, -0.2) is 31.4 Å². The van der Waals surface area contributed by atoms with Gasteiger partial charge in [0.05, 0.1) is 17.8 Å². The van der Waals surface area contributed by atoms with Crippen molar-refractivity contribution in [3.8, 4) is 6.07 Å². The summed E-state index contributed by atoms with van der Waals surface area (Å²) in [7, 11) is 3.40. The molecule has 1 aromatic rings. The minimum absolute atomic E-state index is 0.0228. The Hall–Kier alpha value is -2.02. The van der Waals surface area contributed by atoms with E-state index in [1.165, 1.54) is 4.90 Å². The maximum absolute atomic E-state index is 11.4. The minimum atomic E-state index is -0.0228. The third kappa shape index (κ3) is 2.99. The van der Waals surface area contributed by atoms with E-state index in [9.17, 15) is 4.79 Å². The molecule has 1 rings (SSSR count). The number of anilines is 1. The van der Waals surface area contributed by atoms with Crippen molar-refractivity contribution in [1.82, 2.24) is 4.90 Å². The lowest BCUT2D eigenvalue weighted by Gasteiger charge is -2.12. The summed E-state index contributed by atoms with van der Waals surface area (Å²) >= 11 is 0. The first-order valence-corrected chi connectivity index (χ1v) is 4.99. The van der Waals surface area contributed by atoms with Gasteiger partial charge in [-0.2, -0.15) is 5.26 Å². The molecule has 0 aliphatic carbocycles. The summed E-state index contributed by atoms with van der Waals surface area (Å²) in [5, 5.41) is 11.9. The van der Waals surface area contributed by atoms with Crippen LogP contribution in [0.1, 0.15) is 11.1 Å². The van der Waals surface area contributed by atoms with E-state index in [0.29, 0.717) is 11.3 Å². The highest BCUT2D eigenvalue weighted by Crippen LogP contribution is 2.16. The zero-order chi connectivity index (χ0) is 12.1. The van der Waals surface area contributed by atoms with E-state index in [1.54, 1.807) is 20.2 Å². The van der Waals surface area contributed by atoms with E-state index >= 15 is 0 Å². The zero-order valence-corrected chi connectivity index (χ0v) is 9.74. The third-order valence-corrected chi connectivity index (χ3v) is 2.22. The van der Waals surface area contributed by atoms with Crippen LogP contribution in [0.2, 0.25) is 0 Å². The first-order chi connectivity index (χ1) is 7.54. The molecule has 16 heavy (non-hydrogen) atoms. The van der Waals surface area contributed by atoms with E-state index in [1.807, 2.05) is 19.1 Å². The minimum Gasteiger partial charge on any atom is -0.375 e. The van der Waals surface area contributed by atoms with E-state index in [0.717, 1.165) is 5.56 Å². The van der Waals surface area contributed by atoms with Gasteiger partial charge >= 0.3 is 0 Å². The lowest BCUT2D eigenvalue weighted by atomic mass is 10.1. The fourth-order valence-corrected chi connectivity index (χ4v) is 1.23. The number of likely N-dealkylation sites (N-methyl/N-ethyl adjacent to an activating group) is 1. The number of nitriles is 1. The van der Waals surface area contributed by atoms with Gasteiger partial charge in [-0.1, -0.05) is 6.07 Å². The highest BCUT2D eigenvalue weighted by atomic mass is 16.2. The van der Waals surface area contributed by atoms with E-state index in [-0.39, 0.29) is 12.5 Å². The fraction of sp³-hybridized carbons (Fsp3) is 0.333. The summed E-state index contributed by atoms with van der Waals surface area (Å²) < 4.78 is 0. The molecule has 0 heterocycles. The molecule has 0 aliphatic rings. The number of hydrogen-bond donors (Lipinski definition) is 1. The van der Waals surface area contributed by atoms with E-state index < -0.39 is 0 Å². The summed E-state index contributed by atoms with van der Waals surface area (Å²) in [5.74, 6) is -0.0228. The SMILES string of the molecule is Cc1ccc(C#N)c(NCC(=O)N(C)C)c1. The van der Waals surface area contributed by atoms with Gasteiger partial charge in [-0.25, -0.2) is 0 Å². The van der Waals surface area contributed by atoms with Gasteiger partial charge in [0, 0.05) is 14.1 Å². The molecule has 0 radical (unpaired) electrons. The van der Waals surface area contributed by atoms with Crippen molar-refractivity contribution >= 4 is 11.6 Å². The van der Waals surface area contributed by atoms with Crippen molar-refractivity contribution in [3.05, 3.63) is 29.3 Å². The Bertz CT molecular complexity index is 432. The average Bonchev–Trinajstić information content (AvgIpc) is 2.25.